The first kappa shape index (κ1) is 11.3. The van der Waals surface area contributed by atoms with Gasteiger partial charge in [-0.15, -0.1) is 0 Å². The molecule has 0 rings (SSSR count). The van der Waals surface area contributed by atoms with Crippen LogP contribution in [0.15, 0.2) is 0 Å². The molecular formula is C8H16O2Te. The van der Waals surface area contributed by atoms with Crippen molar-refractivity contribution >= 4 is 26.9 Å². The average Bonchev–Trinajstić information content (AvgIpc) is 1.97. The van der Waals surface area contributed by atoms with Gasteiger partial charge in [0.1, 0.15) is 0 Å². The Morgan fingerprint density at radius 3 is 2.55 bits per heavy atom. The van der Waals surface area contributed by atoms with Crippen LogP contribution < -0.4 is 0 Å². The molecule has 66 valence electrons. The van der Waals surface area contributed by atoms with Crippen LogP contribution in [0.2, 0.25) is 8.94 Å². The van der Waals surface area contributed by atoms with Crippen molar-refractivity contribution in [1.82, 2.24) is 0 Å². The Morgan fingerprint density at radius 1 is 1.55 bits per heavy atom. The molecule has 0 aliphatic carbocycles. The van der Waals surface area contributed by atoms with E-state index in [1.54, 1.807) is 0 Å². The number of carboxylic acid groups (broad SMARTS) is 1. The number of aliphatic carboxylic acids is 1. The van der Waals surface area contributed by atoms with Crippen LogP contribution in [0.25, 0.3) is 0 Å². The molecule has 0 fully saturated rings. The van der Waals surface area contributed by atoms with Crippen molar-refractivity contribution in [3.8, 4) is 0 Å². The zero-order valence-electron chi connectivity index (χ0n) is 7.17. The van der Waals surface area contributed by atoms with E-state index < -0.39 is 5.97 Å². The van der Waals surface area contributed by atoms with E-state index in [0.29, 0.717) is 0 Å². The molecule has 0 aromatic carbocycles. The van der Waals surface area contributed by atoms with Gasteiger partial charge >= 0.3 is 78.3 Å². The average molecular weight is 272 g/mol. The van der Waals surface area contributed by atoms with Crippen molar-refractivity contribution < 1.29 is 9.90 Å². The minimum atomic E-state index is -0.578. The Kier molecular flexibility index (Phi) is 7.10. The van der Waals surface area contributed by atoms with Crippen LogP contribution in [0.3, 0.4) is 0 Å². The summed E-state index contributed by atoms with van der Waals surface area (Å²) in [7, 11) is 0. The third-order valence-corrected chi connectivity index (χ3v) is 4.50. The predicted molar refractivity (Wildman–Crippen MR) is 47.1 cm³/mol. The minimum absolute atomic E-state index is 0.0203. The van der Waals surface area contributed by atoms with Crippen molar-refractivity contribution in [3.63, 3.8) is 0 Å². The molecule has 0 aliphatic heterocycles. The zero-order chi connectivity index (χ0) is 8.69. The molecule has 0 amide bonds. The van der Waals surface area contributed by atoms with E-state index in [1.807, 2.05) is 0 Å². The van der Waals surface area contributed by atoms with E-state index in [9.17, 15) is 4.79 Å². The number of carbonyl (C=O) groups is 1. The van der Waals surface area contributed by atoms with E-state index >= 15 is 0 Å². The molecule has 0 aliphatic rings. The molecule has 1 unspecified atom stereocenters. The van der Waals surface area contributed by atoms with Gasteiger partial charge in [-0.25, -0.2) is 0 Å². The van der Waals surface area contributed by atoms with Gasteiger partial charge in [-0.1, -0.05) is 0 Å². The Balaban J connectivity index is 3.44. The molecule has 0 spiro atoms. The van der Waals surface area contributed by atoms with E-state index in [-0.39, 0.29) is 24.9 Å². The number of unbranched alkanes of at least 4 members (excludes halogenated alkanes) is 2. The molecular weight excluding hydrogens is 256 g/mol. The second-order valence-corrected chi connectivity index (χ2v) is 5.53. The van der Waals surface area contributed by atoms with Crippen LogP contribution in [0.4, 0.5) is 0 Å². The van der Waals surface area contributed by atoms with Crippen LogP contribution in [0, 0.1) is 0 Å². The second kappa shape index (κ2) is 6.94. The van der Waals surface area contributed by atoms with Gasteiger partial charge in [0.2, 0.25) is 0 Å². The second-order valence-electron chi connectivity index (χ2n) is 2.56. The molecule has 0 radical (unpaired) electrons. The van der Waals surface area contributed by atoms with Crippen molar-refractivity contribution in [3.05, 3.63) is 0 Å². The standard InChI is InChI=1S/C8H16O2Te/c1-3-4-5-6-7(11-2)8(9)10/h7H,3-6H2,1-2H3,(H,9,10). The van der Waals surface area contributed by atoms with E-state index in [2.05, 4.69) is 11.9 Å². The summed E-state index contributed by atoms with van der Waals surface area (Å²) in [6.45, 7) is 2.14. The van der Waals surface area contributed by atoms with Gasteiger partial charge in [0.05, 0.1) is 0 Å². The zero-order valence-corrected chi connectivity index (χ0v) is 9.50. The Morgan fingerprint density at radius 2 is 2.18 bits per heavy atom. The summed E-state index contributed by atoms with van der Waals surface area (Å²) in [5.41, 5.74) is 0. The van der Waals surface area contributed by atoms with Crippen LogP contribution in [-0.2, 0) is 4.79 Å². The van der Waals surface area contributed by atoms with Gasteiger partial charge < -0.3 is 0 Å². The van der Waals surface area contributed by atoms with E-state index in [4.69, 9.17) is 5.11 Å². The van der Waals surface area contributed by atoms with Gasteiger partial charge in [0.15, 0.2) is 0 Å². The quantitative estimate of drug-likeness (QED) is 0.594. The molecule has 0 saturated heterocycles. The molecule has 1 atom stereocenters. The molecule has 1 N–H and O–H groups in total. The Hall–Kier alpha value is 0.260. The fourth-order valence-corrected chi connectivity index (χ4v) is 2.65. The summed E-state index contributed by atoms with van der Waals surface area (Å²) in [5, 5.41) is 8.71. The summed E-state index contributed by atoms with van der Waals surface area (Å²) in [6, 6.07) is 0. The van der Waals surface area contributed by atoms with Gasteiger partial charge in [-0.3, -0.25) is 0 Å². The van der Waals surface area contributed by atoms with Gasteiger partial charge in [-0.05, 0) is 0 Å². The molecule has 0 aromatic rings. The summed E-state index contributed by atoms with van der Waals surface area (Å²) in [4.78, 5) is 12.6. The van der Waals surface area contributed by atoms with Crippen molar-refractivity contribution in [2.75, 3.05) is 0 Å². The molecule has 11 heavy (non-hydrogen) atoms. The maximum atomic E-state index is 10.6. The summed E-state index contributed by atoms with van der Waals surface area (Å²) < 4.78 is 0.0203. The number of hydrogen-bond acceptors (Lipinski definition) is 1. The fourth-order valence-electron chi connectivity index (χ4n) is 0.922. The van der Waals surface area contributed by atoms with Crippen LogP contribution in [0.1, 0.15) is 32.6 Å². The van der Waals surface area contributed by atoms with E-state index in [1.165, 1.54) is 12.8 Å². The number of rotatable bonds is 6. The molecule has 0 saturated carbocycles. The summed E-state index contributed by atoms with van der Waals surface area (Å²) in [6.07, 6.45) is 4.35. The van der Waals surface area contributed by atoms with Crippen molar-refractivity contribution in [2.45, 2.75) is 41.5 Å². The summed E-state index contributed by atoms with van der Waals surface area (Å²) in [5.74, 6) is -0.578. The van der Waals surface area contributed by atoms with Crippen molar-refractivity contribution in [1.29, 1.82) is 0 Å². The monoisotopic (exact) mass is 274 g/mol. The molecule has 2 nitrogen and oxygen atoms in total. The number of hydrogen-bond donors (Lipinski definition) is 1. The van der Waals surface area contributed by atoms with Gasteiger partial charge in [-0.2, -0.15) is 0 Å². The fraction of sp³-hybridized carbons (Fsp3) is 0.875. The van der Waals surface area contributed by atoms with Gasteiger partial charge in [0, 0.05) is 0 Å². The molecule has 0 aromatic heterocycles. The van der Waals surface area contributed by atoms with E-state index in [0.717, 1.165) is 12.8 Å². The summed E-state index contributed by atoms with van der Waals surface area (Å²) >= 11 is -0.276. The van der Waals surface area contributed by atoms with Crippen LogP contribution in [0.5, 0.6) is 0 Å². The first-order valence-corrected chi connectivity index (χ1v) is 7.65. The first-order valence-electron chi connectivity index (χ1n) is 3.98. The van der Waals surface area contributed by atoms with Crippen molar-refractivity contribution in [2.24, 2.45) is 0 Å². The van der Waals surface area contributed by atoms with Crippen LogP contribution in [-0.4, -0.2) is 32.0 Å². The Labute approximate surface area is 78.5 Å². The molecule has 3 heteroatoms. The van der Waals surface area contributed by atoms with Gasteiger partial charge in [0.25, 0.3) is 0 Å². The Bertz CT molecular complexity index is 115. The normalized spacial score (nSPS) is 12.9. The third-order valence-electron chi connectivity index (χ3n) is 1.63. The first-order chi connectivity index (χ1) is 5.22. The number of carboxylic acids is 1. The predicted octanol–water partition coefficient (Wildman–Crippen LogP) is 2.19. The topological polar surface area (TPSA) is 37.3 Å². The van der Waals surface area contributed by atoms with Crippen LogP contribution >= 0.6 is 0 Å². The maximum absolute atomic E-state index is 10.6. The molecule has 0 heterocycles. The third kappa shape index (κ3) is 5.52. The molecule has 0 bridgehead atoms. The SMILES string of the molecule is CCCCCC([Te]C)C(=O)O.